The highest BCUT2D eigenvalue weighted by atomic mass is 32.2. The summed E-state index contributed by atoms with van der Waals surface area (Å²) in [6, 6.07) is 14.1. The lowest BCUT2D eigenvalue weighted by Crippen LogP contribution is -2.44. The van der Waals surface area contributed by atoms with Crippen molar-refractivity contribution in [3.05, 3.63) is 71.7 Å². The Labute approximate surface area is 227 Å². The number of hydrogen-bond donors (Lipinski definition) is 0. The first kappa shape index (κ1) is 25.4. The number of morpholine rings is 1. The van der Waals surface area contributed by atoms with Gasteiger partial charge in [0.15, 0.2) is 9.84 Å². The van der Waals surface area contributed by atoms with Gasteiger partial charge in [-0.15, -0.1) is 0 Å². The molecule has 39 heavy (non-hydrogen) atoms. The van der Waals surface area contributed by atoms with Crippen LogP contribution in [0, 0.1) is 0 Å². The Balaban J connectivity index is 1.49. The van der Waals surface area contributed by atoms with Crippen molar-refractivity contribution < 1.29 is 17.9 Å². The highest BCUT2D eigenvalue weighted by Crippen LogP contribution is 2.43. The van der Waals surface area contributed by atoms with E-state index in [9.17, 15) is 13.2 Å². The molecule has 2 aromatic heterocycles. The van der Waals surface area contributed by atoms with E-state index >= 15 is 0 Å². The maximum Gasteiger partial charge on any atom is 0.254 e. The number of ether oxygens (including phenoxy) is 1. The van der Waals surface area contributed by atoms with E-state index in [0.29, 0.717) is 37.8 Å². The Morgan fingerprint density at radius 1 is 1.10 bits per heavy atom. The molecule has 202 valence electrons. The van der Waals surface area contributed by atoms with Crippen molar-refractivity contribution in [3.63, 3.8) is 0 Å². The van der Waals surface area contributed by atoms with Gasteiger partial charge in [0.25, 0.3) is 5.91 Å². The zero-order valence-electron chi connectivity index (χ0n) is 22.3. The van der Waals surface area contributed by atoms with Crippen molar-refractivity contribution >= 4 is 32.6 Å². The number of amides is 1. The molecule has 2 aromatic carbocycles. The fraction of sp³-hybridized carbons (Fsp3) is 0.357. The number of aromatic nitrogens is 4. The van der Waals surface area contributed by atoms with Gasteiger partial charge in [-0.2, -0.15) is 4.98 Å². The molecule has 0 N–H and O–H groups in total. The fourth-order valence-corrected chi connectivity index (χ4v) is 6.11. The number of benzene rings is 2. The molecule has 4 heterocycles. The summed E-state index contributed by atoms with van der Waals surface area (Å²) in [6.45, 7) is 8.15. The van der Waals surface area contributed by atoms with Gasteiger partial charge >= 0.3 is 0 Å². The zero-order valence-corrected chi connectivity index (χ0v) is 23.1. The maximum absolute atomic E-state index is 13.9. The summed E-state index contributed by atoms with van der Waals surface area (Å²) in [7, 11) is -3.46. The predicted molar refractivity (Wildman–Crippen MR) is 147 cm³/mol. The van der Waals surface area contributed by atoms with E-state index in [1.54, 1.807) is 23.4 Å². The van der Waals surface area contributed by atoms with Crippen LogP contribution in [0.2, 0.25) is 0 Å². The third kappa shape index (κ3) is 4.25. The SMILES string of the molecule is C[C@@H]1COCCN1c1nc(-n2cnc3ccccc32)nc2c1CN(C(=O)c1cccc(S(C)(=O)=O)c1)C2(C)C. The number of para-hydroxylation sites is 2. The van der Waals surface area contributed by atoms with Crippen molar-refractivity contribution in [2.75, 3.05) is 30.9 Å². The van der Waals surface area contributed by atoms with Gasteiger partial charge < -0.3 is 14.5 Å². The molecule has 1 amide bonds. The second kappa shape index (κ2) is 9.13. The minimum absolute atomic E-state index is 0.0874. The van der Waals surface area contributed by atoms with Crippen LogP contribution >= 0.6 is 0 Å². The van der Waals surface area contributed by atoms with Crippen LogP contribution in [-0.2, 0) is 26.7 Å². The van der Waals surface area contributed by atoms with E-state index in [1.807, 2.05) is 42.7 Å². The van der Waals surface area contributed by atoms with Gasteiger partial charge in [-0.1, -0.05) is 18.2 Å². The highest BCUT2D eigenvalue weighted by molar-refractivity contribution is 7.90. The summed E-state index contributed by atoms with van der Waals surface area (Å²) in [5.74, 6) is 0.994. The molecule has 2 aliphatic rings. The van der Waals surface area contributed by atoms with Gasteiger partial charge in [-0.05, 0) is 51.1 Å². The molecular weight excluding hydrogens is 516 g/mol. The molecule has 10 nitrogen and oxygen atoms in total. The topological polar surface area (TPSA) is 111 Å². The average Bonchev–Trinajstić information content (AvgIpc) is 3.46. The molecule has 0 unspecified atom stereocenters. The molecule has 0 bridgehead atoms. The van der Waals surface area contributed by atoms with Crippen LogP contribution in [0.1, 0.15) is 42.4 Å². The lowest BCUT2D eigenvalue weighted by molar-refractivity contribution is 0.0570. The molecule has 1 fully saturated rings. The van der Waals surface area contributed by atoms with Gasteiger partial charge in [0.2, 0.25) is 5.95 Å². The summed E-state index contributed by atoms with van der Waals surface area (Å²) in [5, 5.41) is 0. The number of carbonyl (C=O) groups excluding carboxylic acids is 1. The van der Waals surface area contributed by atoms with E-state index < -0.39 is 15.4 Å². The second-order valence-corrected chi connectivity index (χ2v) is 12.7. The molecule has 0 saturated carbocycles. The van der Waals surface area contributed by atoms with Gasteiger partial charge in [0, 0.05) is 23.9 Å². The Hall–Kier alpha value is -3.83. The fourth-order valence-electron chi connectivity index (χ4n) is 5.44. The molecule has 0 spiro atoms. The smallest absolute Gasteiger partial charge is 0.254 e. The van der Waals surface area contributed by atoms with Crippen molar-refractivity contribution in [1.82, 2.24) is 24.4 Å². The van der Waals surface area contributed by atoms with E-state index in [0.717, 1.165) is 34.4 Å². The maximum atomic E-state index is 13.9. The molecule has 1 saturated heterocycles. The van der Waals surface area contributed by atoms with Crippen molar-refractivity contribution in [2.45, 2.75) is 43.8 Å². The Kier molecular flexibility index (Phi) is 5.96. The summed E-state index contributed by atoms with van der Waals surface area (Å²) < 4.78 is 31.9. The van der Waals surface area contributed by atoms with Gasteiger partial charge in [0.1, 0.15) is 12.1 Å². The number of nitrogens with zero attached hydrogens (tertiary/aromatic N) is 6. The molecule has 0 aliphatic carbocycles. The highest BCUT2D eigenvalue weighted by Gasteiger charge is 2.45. The van der Waals surface area contributed by atoms with Crippen LogP contribution in [0.15, 0.2) is 59.8 Å². The number of rotatable bonds is 4. The summed E-state index contributed by atoms with van der Waals surface area (Å²) in [6.07, 6.45) is 2.86. The number of carbonyl (C=O) groups is 1. The normalized spacial score (nSPS) is 18.9. The van der Waals surface area contributed by atoms with E-state index in [-0.39, 0.29) is 16.8 Å². The summed E-state index contributed by atoms with van der Waals surface area (Å²) in [5.41, 5.74) is 2.89. The molecule has 0 radical (unpaired) electrons. The second-order valence-electron chi connectivity index (χ2n) is 10.6. The molecule has 1 atom stereocenters. The van der Waals surface area contributed by atoms with Crippen LogP contribution in [0.5, 0.6) is 0 Å². The summed E-state index contributed by atoms with van der Waals surface area (Å²) in [4.78, 5) is 32.6. The van der Waals surface area contributed by atoms with Crippen molar-refractivity contribution in [3.8, 4) is 5.95 Å². The molecule has 11 heteroatoms. The molecule has 4 aromatic rings. The Morgan fingerprint density at radius 2 is 1.90 bits per heavy atom. The zero-order chi connectivity index (χ0) is 27.5. The van der Waals surface area contributed by atoms with Gasteiger partial charge in [-0.3, -0.25) is 9.36 Å². The Bertz CT molecular complexity index is 1710. The number of fused-ring (bicyclic) bond motifs is 2. The Morgan fingerprint density at radius 3 is 2.67 bits per heavy atom. The third-order valence-electron chi connectivity index (χ3n) is 7.61. The monoisotopic (exact) mass is 546 g/mol. The van der Waals surface area contributed by atoms with Crippen LogP contribution in [0.3, 0.4) is 0 Å². The van der Waals surface area contributed by atoms with Crippen LogP contribution in [0.4, 0.5) is 5.82 Å². The van der Waals surface area contributed by atoms with Crippen molar-refractivity contribution in [2.24, 2.45) is 0 Å². The minimum Gasteiger partial charge on any atom is -0.377 e. The first-order chi connectivity index (χ1) is 18.6. The van der Waals surface area contributed by atoms with Crippen LogP contribution in [-0.4, -0.2) is 70.8 Å². The minimum atomic E-state index is -3.46. The first-order valence-corrected chi connectivity index (χ1v) is 14.7. The number of anilines is 1. The number of imidazole rings is 1. The third-order valence-corrected chi connectivity index (χ3v) is 8.72. The molecular formula is C28H30N6O4S. The standard InChI is InChI=1S/C28H30N6O4S/c1-18-16-38-13-12-32(18)25-21-15-34(26(35)19-8-7-9-20(14-19)39(4,36)37)28(2,3)24(21)30-27(31-25)33-17-29-22-10-5-6-11-23(22)33/h5-11,14,17-18H,12-13,15-16H2,1-4H3/t18-/m1/s1. The van der Waals surface area contributed by atoms with E-state index in [4.69, 9.17) is 14.7 Å². The molecule has 2 aliphatic heterocycles. The van der Waals surface area contributed by atoms with Crippen LogP contribution in [0.25, 0.3) is 17.0 Å². The first-order valence-electron chi connectivity index (χ1n) is 12.9. The lowest BCUT2D eigenvalue weighted by atomic mass is 9.98. The molecule has 6 rings (SSSR count). The largest absolute Gasteiger partial charge is 0.377 e. The van der Waals surface area contributed by atoms with Crippen molar-refractivity contribution in [1.29, 1.82) is 0 Å². The van der Waals surface area contributed by atoms with Crippen LogP contribution < -0.4 is 4.90 Å². The van der Waals surface area contributed by atoms with Gasteiger partial charge in [0.05, 0.1) is 53.0 Å². The van der Waals surface area contributed by atoms with Gasteiger partial charge in [-0.25, -0.2) is 18.4 Å². The lowest BCUT2D eigenvalue weighted by Gasteiger charge is -2.35. The average molecular weight is 547 g/mol. The number of sulfone groups is 1. The summed E-state index contributed by atoms with van der Waals surface area (Å²) >= 11 is 0. The predicted octanol–water partition coefficient (Wildman–Crippen LogP) is 3.34. The van der Waals surface area contributed by atoms with E-state index in [1.165, 1.54) is 12.1 Å². The van der Waals surface area contributed by atoms with E-state index in [2.05, 4.69) is 16.8 Å². The number of hydrogen-bond acceptors (Lipinski definition) is 8. The quantitative estimate of drug-likeness (QED) is 0.383.